The molecule has 8 heteroatoms. The molecular weight excluding hydrogens is 322 g/mol. The monoisotopic (exact) mass is 343 g/mol. The zero-order valence-electron chi connectivity index (χ0n) is 14.1. The molecule has 0 saturated carbocycles. The van der Waals surface area contributed by atoms with E-state index < -0.39 is 6.03 Å². The van der Waals surface area contributed by atoms with Gasteiger partial charge >= 0.3 is 6.03 Å². The molecule has 0 aliphatic carbocycles. The van der Waals surface area contributed by atoms with Crippen molar-refractivity contribution in [3.63, 3.8) is 0 Å². The van der Waals surface area contributed by atoms with Crippen LogP contribution in [-0.2, 0) is 13.0 Å². The van der Waals surface area contributed by atoms with Gasteiger partial charge in [-0.15, -0.1) is 0 Å². The number of carbonyl (C=O) groups excluding carboxylic acids is 2. The summed E-state index contributed by atoms with van der Waals surface area (Å²) in [6, 6.07) is 6.39. The van der Waals surface area contributed by atoms with Crippen LogP contribution in [0.25, 0.3) is 0 Å². The molecule has 1 atom stereocenters. The maximum Gasteiger partial charge on any atom is 0.312 e. The lowest BCUT2D eigenvalue weighted by atomic mass is 10.1. The number of carbonyl (C=O) groups is 2. The van der Waals surface area contributed by atoms with Crippen LogP contribution in [0.5, 0.6) is 0 Å². The number of nitrogens with two attached hydrogens (primary N) is 1. The van der Waals surface area contributed by atoms with E-state index in [-0.39, 0.29) is 11.9 Å². The van der Waals surface area contributed by atoms with Crippen molar-refractivity contribution in [2.75, 3.05) is 6.54 Å². The van der Waals surface area contributed by atoms with Crippen LogP contribution in [0.1, 0.15) is 53.4 Å². The number of aromatic nitrogens is 2. The number of amides is 3. The Kier molecular flexibility index (Phi) is 4.97. The highest BCUT2D eigenvalue weighted by atomic mass is 16.5. The average molecular weight is 343 g/mol. The summed E-state index contributed by atoms with van der Waals surface area (Å²) in [5, 5.41) is 6.54. The van der Waals surface area contributed by atoms with Crippen LogP contribution in [-0.4, -0.2) is 33.5 Å². The quantitative estimate of drug-likeness (QED) is 0.859. The van der Waals surface area contributed by atoms with Crippen LogP contribution in [0.3, 0.4) is 0 Å². The molecule has 1 aliphatic rings. The number of nitrogens with zero attached hydrogens (tertiary/aromatic N) is 3. The number of hydrogen-bond donors (Lipinski definition) is 2. The Labute approximate surface area is 145 Å². The maximum atomic E-state index is 12.8. The number of aryl methyl sites for hydroxylation is 1. The summed E-state index contributed by atoms with van der Waals surface area (Å²) >= 11 is 0. The normalized spacial score (nSPS) is 16.8. The highest BCUT2D eigenvalue weighted by Crippen LogP contribution is 2.31. The van der Waals surface area contributed by atoms with E-state index in [0.29, 0.717) is 36.8 Å². The van der Waals surface area contributed by atoms with E-state index in [1.165, 1.54) is 0 Å². The largest absolute Gasteiger partial charge is 0.352 e. The minimum atomic E-state index is -0.577. The van der Waals surface area contributed by atoms with Crippen LogP contribution < -0.4 is 11.1 Å². The Hall–Kier alpha value is -2.90. The molecule has 1 aliphatic heterocycles. The summed E-state index contributed by atoms with van der Waals surface area (Å²) in [7, 11) is 0. The number of primary amides is 1. The molecular formula is C17H21N5O3. The second kappa shape index (κ2) is 7.33. The second-order valence-corrected chi connectivity index (χ2v) is 5.97. The van der Waals surface area contributed by atoms with Crippen molar-refractivity contribution in [2.45, 2.75) is 38.8 Å². The SMILES string of the molecule is CCc1nc(C2CCCN2C(=O)c2ccc(CNC(N)=O)cc2)no1. The summed E-state index contributed by atoms with van der Waals surface area (Å²) in [6.07, 6.45) is 2.41. The predicted molar refractivity (Wildman–Crippen MR) is 89.6 cm³/mol. The second-order valence-electron chi connectivity index (χ2n) is 5.97. The zero-order valence-corrected chi connectivity index (χ0v) is 14.1. The molecule has 2 heterocycles. The third-order valence-corrected chi connectivity index (χ3v) is 4.27. The van der Waals surface area contributed by atoms with E-state index in [0.717, 1.165) is 18.4 Å². The van der Waals surface area contributed by atoms with Gasteiger partial charge in [-0.3, -0.25) is 4.79 Å². The third kappa shape index (κ3) is 3.78. The van der Waals surface area contributed by atoms with Crippen LogP contribution in [0.2, 0.25) is 0 Å². The predicted octanol–water partition coefficient (Wildman–Crippen LogP) is 1.78. The first-order chi connectivity index (χ1) is 12.1. The van der Waals surface area contributed by atoms with Gasteiger partial charge < -0.3 is 20.5 Å². The number of rotatable bonds is 5. The van der Waals surface area contributed by atoms with E-state index in [1.54, 1.807) is 29.2 Å². The molecule has 25 heavy (non-hydrogen) atoms. The van der Waals surface area contributed by atoms with E-state index in [9.17, 15) is 9.59 Å². The molecule has 3 amide bonds. The van der Waals surface area contributed by atoms with Crippen LogP contribution >= 0.6 is 0 Å². The van der Waals surface area contributed by atoms with Crippen molar-refractivity contribution in [1.29, 1.82) is 0 Å². The van der Waals surface area contributed by atoms with Crippen molar-refractivity contribution in [1.82, 2.24) is 20.4 Å². The Morgan fingerprint density at radius 2 is 2.12 bits per heavy atom. The van der Waals surface area contributed by atoms with Crippen LogP contribution in [0.15, 0.2) is 28.8 Å². The van der Waals surface area contributed by atoms with Gasteiger partial charge in [-0.05, 0) is 30.5 Å². The van der Waals surface area contributed by atoms with Gasteiger partial charge in [0, 0.05) is 25.1 Å². The summed E-state index contributed by atoms with van der Waals surface area (Å²) < 4.78 is 5.18. The number of likely N-dealkylation sites (tertiary alicyclic amines) is 1. The van der Waals surface area contributed by atoms with E-state index in [2.05, 4.69) is 15.5 Å². The van der Waals surface area contributed by atoms with Gasteiger partial charge in [0.2, 0.25) is 5.89 Å². The molecule has 0 bridgehead atoms. The van der Waals surface area contributed by atoms with E-state index in [4.69, 9.17) is 10.3 Å². The molecule has 8 nitrogen and oxygen atoms in total. The number of benzene rings is 1. The Bertz CT molecular complexity index is 756. The first-order valence-corrected chi connectivity index (χ1v) is 8.34. The third-order valence-electron chi connectivity index (χ3n) is 4.27. The molecule has 1 fully saturated rings. The van der Waals surface area contributed by atoms with Gasteiger partial charge in [0.05, 0.1) is 6.04 Å². The Morgan fingerprint density at radius 3 is 2.76 bits per heavy atom. The van der Waals surface area contributed by atoms with Crippen molar-refractivity contribution in [3.8, 4) is 0 Å². The molecule has 1 aromatic carbocycles. The average Bonchev–Trinajstić information content (AvgIpc) is 3.28. The van der Waals surface area contributed by atoms with Crippen molar-refractivity contribution >= 4 is 11.9 Å². The molecule has 1 aromatic heterocycles. The maximum absolute atomic E-state index is 12.8. The lowest BCUT2D eigenvalue weighted by Gasteiger charge is -2.22. The minimum absolute atomic E-state index is 0.0558. The van der Waals surface area contributed by atoms with E-state index >= 15 is 0 Å². The zero-order chi connectivity index (χ0) is 17.8. The first kappa shape index (κ1) is 16.9. The molecule has 1 unspecified atom stereocenters. The summed E-state index contributed by atoms with van der Waals surface area (Å²) in [5.74, 6) is 1.10. The number of nitrogens with one attached hydrogen (secondary N) is 1. The number of urea groups is 1. The topological polar surface area (TPSA) is 114 Å². The molecule has 3 N–H and O–H groups in total. The fraction of sp³-hybridized carbons (Fsp3) is 0.412. The molecule has 0 spiro atoms. The Balaban J connectivity index is 1.71. The summed E-state index contributed by atoms with van der Waals surface area (Å²) in [5.41, 5.74) is 6.52. The molecule has 132 valence electrons. The highest BCUT2D eigenvalue weighted by molar-refractivity contribution is 5.94. The lowest BCUT2D eigenvalue weighted by molar-refractivity contribution is 0.0728. The molecule has 2 aromatic rings. The standard InChI is InChI=1S/C17H21N5O3/c1-2-14-20-15(21-25-14)13-4-3-9-22(13)16(23)12-7-5-11(6-8-12)10-19-17(18)24/h5-8,13H,2-4,9-10H2,1H3,(H3,18,19,24). The van der Waals surface area contributed by atoms with Crippen LogP contribution in [0.4, 0.5) is 4.79 Å². The van der Waals surface area contributed by atoms with E-state index in [1.807, 2.05) is 6.92 Å². The van der Waals surface area contributed by atoms with Crippen molar-refractivity contribution in [3.05, 3.63) is 47.1 Å². The van der Waals surface area contributed by atoms with Crippen LogP contribution in [0, 0.1) is 0 Å². The summed E-state index contributed by atoms with van der Waals surface area (Å²) in [4.78, 5) is 29.7. The van der Waals surface area contributed by atoms with Gasteiger partial charge in [0.15, 0.2) is 5.82 Å². The lowest BCUT2D eigenvalue weighted by Crippen LogP contribution is -2.31. The highest BCUT2D eigenvalue weighted by Gasteiger charge is 2.33. The molecule has 3 rings (SSSR count). The van der Waals surface area contributed by atoms with Crippen molar-refractivity contribution < 1.29 is 14.1 Å². The fourth-order valence-corrected chi connectivity index (χ4v) is 2.95. The molecule has 0 radical (unpaired) electrons. The minimum Gasteiger partial charge on any atom is -0.352 e. The Morgan fingerprint density at radius 1 is 1.36 bits per heavy atom. The molecule has 1 saturated heterocycles. The van der Waals surface area contributed by atoms with Gasteiger partial charge in [-0.2, -0.15) is 4.98 Å². The van der Waals surface area contributed by atoms with Gasteiger partial charge in [0.25, 0.3) is 5.91 Å². The van der Waals surface area contributed by atoms with Crippen molar-refractivity contribution in [2.24, 2.45) is 5.73 Å². The summed E-state index contributed by atoms with van der Waals surface area (Å²) in [6.45, 7) is 2.95. The van der Waals surface area contributed by atoms with Gasteiger partial charge in [-0.1, -0.05) is 24.2 Å². The first-order valence-electron chi connectivity index (χ1n) is 8.34. The van der Waals surface area contributed by atoms with Gasteiger partial charge in [0.1, 0.15) is 0 Å². The fourth-order valence-electron chi connectivity index (χ4n) is 2.95. The smallest absolute Gasteiger partial charge is 0.312 e. The van der Waals surface area contributed by atoms with Gasteiger partial charge in [-0.25, -0.2) is 4.79 Å². The number of hydrogen-bond acceptors (Lipinski definition) is 5.